The van der Waals surface area contributed by atoms with Gasteiger partial charge < -0.3 is 4.42 Å². The lowest BCUT2D eigenvalue weighted by Gasteiger charge is -2.08. The van der Waals surface area contributed by atoms with E-state index in [-0.39, 0.29) is 21.0 Å². The molecule has 0 aliphatic heterocycles. The fraction of sp³-hybridized carbons (Fsp3) is 0.0870. The highest BCUT2D eigenvalue weighted by atomic mass is 32.2. The van der Waals surface area contributed by atoms with Gasteiger partial charge in [-0.25, -0.2) is 13.4 Å². The highest BCUT2D eigenvalue weighted by Gasteiger charge is 2.30. The van der Waals surface area contributed by atoms with E-state index in [1.165, 1.54) is 30.3 Å². The van der Waals surface area contributed by atoms with Gasteiger partial charge in [0.25, 0.3) is 0 Å². The van der Waals surface area contributed by atoms with Crippen molar-refractivity contribution in [2.24, 2.45) is 4.99 Å². The van der Waals surface area contributed by atoms with E-state index in [0.717, 1.165) is 17.7 Å². The van der Waals surface area contributed by atoms with Crippen molar-refractivity contribution < 1.29 is 26.0 Å². The van der Waals surface area contributed by atoms with Gasteiger partial charge >= 0.3 is 6.18 Å². The molecule has 0 saturated carbocycles. The SMILES string of the molecule is Cc1ccc(S(=O)(=O)c2cc3ccccc3oc2=Nc2cccc(C(F)(F)F)c2)cc1. The number of para-hydroxylation sites is 1. The molecular formula is C23H16F3NO3S. The Hall–Kier alpha value is -3.39. The van der Waals surface area contributed by atoms with Crippen LogP contribution in [0.2, 0.25) is 0 Å². The summed E-state index contributed by atoms with van der Waals surface area (Å²) in [5, 5.41) is 0.524. The zero-order chi connectivity index (χ0) is 22.2. The minimum Gasteiger partial charge on any atom is -0.437 e. The van der Waals surface area contributed by atoms with E-state index in [9.17, 15) is 21.6 Å². The van der Waals surface area contributed by atoms with Gasteiger partial charge in [-0.3, -0.25) is 0 Å². The number of rotatable bonds is 3. The van der Waals surface area contributed by atoms with Crippen LogP contribution < -0.4 is 5.55 Å². The Bertz CT molecular complexity index is 1440. The molecule has 0 N–H and O–H groups in total. The van der Waals surface area contributed by atoms with E-state index < -0.39 is 21.6 Å². The van der Waals surface area contributed by atoms with Gasteiger partial charge in [0.15, 0.2) is 0 Å². The smallest absolute Gasteiger partial charge is 0.416 e. The van der Waals surface area contributed by atoms with E-state index >= 15 is 0 Å². The molecule has 0 aliphatic rings. The van der Waals surface area contributed by atoms with E-state index in [1.807, 2.05) is 6.92 Å². The summed E-state index contributed by atoms with van der Waals surface area (Å²) in [7, 11) is -4.05. The lowest BCUT2D eigenvalue weighted by atomic mass is 10.2. The van der Waals surface area contributed by atoms with Crippen LogP contribution >= 0.6 is 0 Å². The maximum Gasteiger partial charge on any atom is 0.416 e. The maximum atomic E-state index is 13.3. The predicted molar refractivity (Wildman–Crippen MR) is 110 cm³/mol. The molecule has 1 aromatic heterocycles. The summed E-state index contributed by atoms with van der Waals surface area (Å²) < 4.78 is 71.6. The maximum absolute atomic E-state index is 13.3. The Balaban J connectivity index is 1.99. The third-order valence-corrected chi connectivity index (χ3v) is 6.41. The summed E-state index contributed by atoms with van der Waals surface area (Å²) in [5.41, 5.74) is -0.0163. The molecule has 0 amide bonds. The van der Waals surface area contributed by atoms with Crippen molar-refractivity contribution in [1.82, 2.24) is 0 Å². The van der Waals surface area contributed by atoms with Gasteiger partial charge in [-0.15, -0.1) is 0 Å². The highest BCUT2D eigenvalue weighted by Crippen LogP contribution is 2.31. The van der Waals surface area contributed by atoms with Gasteiger partial charge in [-0.2, -0.15) is 13.2 Å². The second-order valence-electron chi connectivity index (χ2n) is 6.93. The lowest BCUT2D eigenvalue weighted by molar-refractivity contribution is -0.137. The van der Waals surface area contributed by atoms with Crippen LogP contribution in [0, 0.1) is 6.92 Å². The molecule has 0 spiro atoms. The van der Waals surface area contributed by atoms with Crippen LogP contribution in [-0.2, 0) is 16.0 Å². The second-order valence-corrected chi connectivity index (χ2v) is 8.85. The summed E-state index contributed by atoms with van der Waals surface area (Å²) in [6.07, 6.45) is -4.55. The average molecular weight is 443 g/mol. The van der Waals surface area contributed by atoms with Crippen molar-refractivity contribution in [2.45, 2.75) is 22.9 Å². The quantitative estimate of drug-likeness (QED) is 0.401. The summed E-state index contributed by atoms with van der Waals surface area (Å²) in [6, 6.07) is 18.7. The average Bonchev–Trinajstić information content (AvgIpc) is 2.73. The van der Waals surface area contributed by atoms with Gasteiger partial charge in [0.05, 0.1) is 16.1 Å². The number of fused-ring (bicyclic) bond motifs is 1. The molecule has 0 saturated heterocycles. The van der Waals surface area contributed by atoms with E-state index in [4.69, 9.17) is 4.42 Å². The number of nitrogens with zero attached hydrogens (tertiary/aromatic N) is 1. The monoisotopic (exact) mass is 443 g/mol. The highest BCUT2D eigenvalue weighted by molar-refractivity contribution is 7.91. The van der Waals surface area contributed by atoms with E-state index in [2.05, 4.69) is 4.99 Å². The molecule has 3 aromatic carbocycles. The Morgan fingerprint density at radius 2 is 1.58 bits per heavy atom. The van der Waals surface area contributed by atoms with Gasteiger partial charge in [0.2, 0.25) is 15.4 Å². The third kappa shape index (κ3) is 4.25. The number of halogens is 3. The number of aryl methyl sites for hydroxylation is 1. The van der Waals surface area contributed by atoms with Crippen LogP contribution in [0.3, 0.4) is 0 Å². The fourth-order valence-corrected chi connectivity index (χ4v) is 4.38. The summed E-state index contributed by atoms with van der Waals surface area (Å²) >= 11 is 0. The summed E-state index contributed by atoms with van der Waals surface area (Å²) in [4.78, 5) is 3.93. The Kier molecular flexibility index (Phi) is 5.18. The summed E-state index contributed by atoms with van der Waals surface area (Å²) in [6.45, 7) is 1.83. The Morgan fingerprint density at radius 3 is 2.29 bits per heavy atom. The van der Waals surface area contributed by atoms with Crippen LogP contribution in [-0.4, -0.2) is 8.42 Å². The first-order valence-corrected chi connectivity index (χ1v) is 10.7. The molecule has 1 heterocycles. The van der Waals surface area contributed by atoms with Gasteiger partial charge in [0.1, 0.15) is 10.5 Å². The molecule has 4 aromatic rings. The van der Waals surface area contributed by atoms with Crippen molar-refractivity contribution in [3.8, 4) is 0 Å². The molecule has 4 nitrogen and oxygen atoms in total. The van der Waals surface area contributed by atoms with E-state index in [1.54, 1.807) is 36.4 Å². The normalized spacial score (nSPS) is 13.0. The molecule has 158 valence electrons. The molecule has 8 heteroatoms. The van der Waals surface area contributed by atoms with Crippen molar-refractivity contribution in [3.63, 3.8) is 0 Å². The van der Waals surface area contributed by atoms with E-state index in [0.29, 0.717) is 11.0 Å². The number of hydrogen-bond donors (Lipinski definition) is 0. The summed E-state index contributed by atoms with van der Waals surface area (Å²) in [5.74, 6) is 0. The van der Waals surface area contributed by atoms with Crippen LogP contribution in [0.4, 0.5) is 18.9 Å². The number of benzene rings is 3. The predicted octanol–water partition coefficient (Wildman–Crippen LogP) is 5.83. The fourth-order valence-electron chi connectivity index (χ4n) is 3.03. The van der Waals surface area contributed by atoms with Crippen LogP contribution in [0.25, 0.3) is 11.0 Å². The largest absolute Gasteiger partial charge is 0.437 e. The van der Waals surface area contributed by atoms with Gasteiger partial charge in [-0.1, -0.05) is 42.0 Å². The van der Waals surface area contributed by atoms with Crippen molar-refractivity contribution in [1.29, 1.82) is 0 Å². The minimum atomic E-state index is -4.55. The lowest BCUT2D eigenvalue weighted by Crippen LogP contribution is -2.16. The van der Waals surface area contributed by atoms with Crippen molar-refractivity contribution in [2.75, 3.05) is 0 Å². The molecular weight excluding hydrogens is 427 g/mol. The van der Waals surface area contributed by atoms with Crippen LogP contribution in [0.15, 0.2) is 98.1 Å². The minimum absolute atomic E-state index is 0.0315. The van der Waals surface area contributed by atoms with Crippen molar-refractivity contribution in [3.05, 3.63) is 95.5 Å². The molecule has 0 fully saturated rings. The zero-order valence-corrected chi connectivity index (χ0v) is 17.0. The molecule has 4 rings (SSSR count). The first-order valence-electron chi connectivity index (χ1n) is 9.21. The first-order chi connectivity index (χ1) is 14.6. The Labute approximate surface area is 176 Å². The van der Waals surface area contributed by atoms with Gasteiger partial charge in [-0.05, 0) is 49.4 Å². The number of hydrogen-bond acceptors (Lipinski definition) is 4. The first kappa shape index (κ1) is 20.9. The van der Waals surface area contributed by atoms with Crippen LogP contribution in [0.1, 0.15) is 11.1 Å². The molecule has 0 unspecified atom stereocenters. The van der Waals surface area contributed by atoms with Crippen LogP contribution in [0.5, 0.6) is 0 Å². The standard InChI is InChI=1S/C23H16F3NO3S/c1-15-9-11-19(12-10-15)31(28,29)21-13-16-5-2-3-8-20(16)30-22(21)27-18-7-4-6-17(14-18)23(24,25)26/h2-14H,1H3. The molecule has 0 atom stereocenters. The molecule has 0 bridgehead atoms. The zero-order valence-electron chi connectivity index (χ0n) is 16.2. The van der Waals surface area contributed by atoms with Gasteiger partial charge in [0, 0.05) is 5.39 Å². The Morgan fingerprint density at radius 1 is 0.871 bits per heavy atom. The number of alkyl halides is 3. The topological polar surface area (TPSA) is 59.6 Å². The molecule has 0 aliphatic carbocycles. The van der Waals surface area contributed by atoms with Crippen molar-refractivity contribution >= 4 is 26.5 Å². The third-order valence-electron chi connectivity index (χ3n) is 4.65. The second kappa shape index (κ2) is 7.70. The molecule has 31 heavy (non-hydrogen) atoms. The number of sulfone groups is 1. The molecule has 0 radical (unpaired) electrons.